The second-order valence-corrected chi connectivity index (χ2v) is 4.56. The van der Waals surface area contributed by atoms with Gasteiger partial charge in [0.05, 0.1) is 0 Å². The Kier molecular flexibility index (Phi) is 2.06. The zero-order chi connectivity index (χ0) is 9.47. The zero-order valence-corrected chi connectivity index (χ0v) is 8.99. The molecule has 1 aromatic rings. The van der Waals surface area contributed by atoms with Gasteiger partial charge in [0.2, 0.25) is 0 Å². The first-order valence-electron chi connectivity index (χ1n) is 4.29. The number of benzene rings is 1. The number of nitrogens with one attached hydrogen (secondary N) is 1. The summed E-state index contributed by atoms with van der Waals surface area (Å²) in [4.78, 5) is 0. The normalized spacial score (nSPS) is 26.4. The lowest BCUT2D eigenvalue weighted by atomic mass is 9.93. The van der Waals surface area contributed by atoms with Gasteiger partial charge in [-0.15, -0.1) is 0 Å². The fourth-order valence-electron chi connectivity index (χ4n) is 1.61. The molecule has 1 aromatic carbocycles. The molecule has 0 saturated carbocycles. The second kappa shape index (κ2) is 2.98. The van der Waals surface area contributed by atoms with Crippen LogP contribution in [0.25, 0.3) is 0 Å². The third-order valence-corrected chi connectivity index (χ3v) is 3.05. The van der Waals surface area contributed by atoms with E-state index >= 15 is 0 Å². The molecule has 0 saturated heterocycles. The van der Waals surface area contributed by atoms with Crippen LogP contribution in [-0.4, -0.2) is 12.2 Å². The Morgan fingerprint density at radius 3 is 3.08 bits per heavy atom. The van der Waals surface area contributed by atoms with Crippen molar-refractivity contribution in [3.05, 3.63) is 28.2 Å². The fraction of sp³-hybridized carbons (Fsp3) is 0.400. The van der Waals surface area contributed by atoms with E-state index in [1.807, 2.05) is 18.2 Å². The summed E-state index contributed by atoms with van der Waals surface area (Å²) in [6.45, 7) is 2.03. The highest BCUT2D eigenvalue weighted by atomic mass is 79.9. The minimum atomic E-state index is -1.13. The first kappa shape index (κ1) is 9.00. The van der Waals surface area contributed by atoms with E-state index in [-0.39, 0.29) is 0 Å². The van der Waals surface area contributed by atoms with Gasteiger partial charge in [0.1, 0.15) is 5.67 Å². The first-order valence-corrected chi connectivity index (χ1v) is 5.08. The van der Waals surface area contributed by atoms with Gasteiger partial charge in [-0.1, -0.05) is 22.0 Å². The van der Waals surface area contributed by atoms with Crippen LogP contribution >= 0.6 is 15.9 Å². The van der Waals surface area contributed by atoms with Crippen molar-refractivity contribution in [2.75, 3.05) is 11.9 Å². The maximum absolute atomic E-state index is 13.6. The quantitative estimate of drug-likeness (QED) is 0.739. The molecule has 1 aliphatic heterocycles. The van der Waals surface area contributed by atoms with Gasteiger partial charge in [-0.05, 0) is 24.6 Å². The lowest BCUT2D eigenvalue weighted by Gasteiger charge is -2.29. The Morgan fingerprint density at radius 1 is 1.54 bits per heavy atom. The zero-order valence-electron chi connectivity index (χ0n) is 7.40. The van der Waals surface area contributed by atoms with Gasteiger partial charge in [0.25, 0.3) is 0 Å². The summed E-state index contributed by atoms with van der Waals surface area (Å²) in [7, 11) is 0. The van der Waals surface area contributed by atoms with Gasteiger partial charge in [0.15, 0.2) is 0 Å². The second-order valence-electron chi connectivity index (χ2n) is 3.71. The van der Waals surface area contributed by atoms with E-state index in [4.69, 9.17) is 0 Å². The lowest BCUT2D eigenvalue weighted by molar-refractivity contribution is 0.201. The molecule has 0 aromatic heterocycles. The van der Waals surface area contributed by atoms with Gasteiger partial charge >= 0.3 is 0 Å². The van der Waals surface area contributed by atoms with E-state index in [0.717, 1.165) is 15.7 Å². The summed E-state index contributed by atoms with van der Waals surface area (Å²) in [5.41, 5.74) is 0.958. The Labute approximate surface area is 85.5 Å². The maximum Gasteiger partial charge on any atom is 0.129 e. The molecular weight excluding hydrogens is 233 g/mol. The Morgan fingerprint density at radius 2 is 2.31 bits per heavy atom. The van der Waals surface area contributed by atoms with E-state index in [1.54, 1.807) is 6.92 Å². The number of hydrogen-bond acceptors (Lipinski definition) is 1. The summed E-state index contributed by atoms with van der Waals surface area (Å²) in [5, 5.41) is 3.09. The molecule has 13 heavy (non-hydrogen) atoms. The SMILES string of the molecule is CC1(F)CNc2cccc(Br)c2C1. The van der Waals surface area contributed by atoms with Crippen molar-refractivity contribution in [3.8, 4) is 0 Å². The summed E-state index contributed by atoms with van der Waals surface area (Å²) >= 11 is 3.43. The van der Waals surface area contributed by atoms with Crippen LogP contribution in [0.4, 0.5) is 10.1 Å². The smallest absolute Gasteiger partial charge is 0.129 e. The number of fused-ring (bicyclic) bond motifs is 1. The Hall–Kier alpha value is -0.570. The molecule has 0 spiro atoms. The summed E-state index contributed by atoms with van der Waals surface area (Å²) < 4.78 is 14.6. The number of halogens is 2. The van der Waals surface area contributed by atoms with E-state index in [1.165, 1.54) is 0 Å². The number of rotatable bonds is 0. The van der Waals surface area contributed by atoms with Crippen molar-refractivity contribution in [1.29, 1.82) is 0 Å². The molecular formula is C10H11BrFN. The molecule has 3 heteroatoms. The maximum atomic E-state index is 13.6. The molecule has 1 nitrogen and oxygen atoms in total. The lowest BCUT2D eigenvalue weighted by Crippen LogP contribution is -2.35. The van der Waals surface area contributed by atoms with E-state index in [0.29, 0.717) is 13.0 Å². The topological polar surface area (TPSA) is 12.0 Å². The summed E-state index contributed by atoms with van der Waals surface area (Å²) in [6, 6.07) is 5.88. The van der Waals surface area contributed by atoms with E-state index < -0.39 is 5.67 Å². The molecule has 2 rings (SSSR count). The van der Waals surface area contributed by atoms with Gasteiger partial charge in [0, 0.05) is 23.1 Å². The molecule has 1 atom stereocenters. The highest BCUT2D eigenvalue weighted by molar-refractivity contribution is 9.10. The number of alkyl halides is 1. The molecule has 0 fully saturated rings. The number of anilines is 1. The fourth-order valence-corrected chi connectivity index (χ4v) is 2.12. The summed E-state index contributed by atoms with van der Waals surface area (Å²) in [6.07, 6.45) is 0.483. The highest BCUT2D eigenvalue weighted by Crippen LogP contribution is 2.33. The van der Waals surface area contributed by atoms with Crippen LogP contribution < -0.4 is 5.32 Å². The van der Waals surface area contributed by atoms with Crippen molar-refractivity contribution in [2.24, 2.45) is 0 Å². The van der Waals surface area contributed by atoms with Crippen LogP contribution in [0.3, 0.4) is 0 Å². The van der Waals surface area contributed by atoms with Crippen LogP contribution in [0.5, 0.6) is 0 Å². The van der Waals surface area contributed by atoms with Crippen LogP contribution in [-0.2, 0) is 6.42 Å². The van der Waals surface area contributed by atoms with Gasteiger partial charge in [-0.2, -0.15) is 0 Å². The van der Waals surface area contributed by atoms with Crippen molar-refractivity contribution in [2.45, 2.75) is 19.0 Å². The third kappa shape index (κ3) is 1.70. The van der Waals surface area contributed by atoms with Crippen molar-refractivity contribution >= 4 is 21.6 Å². The summed E-state index contributed by atoms with van der Waals surface area (Å²) in [5.74, 6) is 0. The predicted molar refractivity (Wildman–Crippen MR) is 55.8 cm³/mol. The minimum absolute atomic E-state index is 0.399. The van der Waals surface area contributed by atoms with Crippen molar-refractivity contribution in [3.63, 3.8) is 0 Å². The third-order valence-electron chi connectivity index (χ3n) is 2.31. The largest absolute Gasteiger partial charge is 0.382 e. The van der Waals surface area contributed by atoms with Crippen LogP contribution in [0.2, 0.25) is 0 Å². The van der Waals surface area contributed by atoms with Crippen LogP contribution in [0, 0.1) is 0 Å². The average molecular weight is 244 g/mol. The van der Waals surface area contributed by atoms with Crippen molar-refractivity contribution < 1.29 is 4.39 Å². The molecule has 1 N–H and O–H groups in total. The Bertz CT molecular complexity index is 336. The molecule has 70 valence electrons. The van der Waals surface area contributed by atoms with Gasteiger partial charge in [-0.25, -0.2) is 4.39 Å². The van der Waals surface area contributed by atoms with Crippen LogP contribution in [0.1, 0.15) is 12.5 Å². The van der Waals surface area contributed by atoms with Gasteiger partial charge in [-0.3, -0.25) is 0 Å². The minimum Gasteiger partial charge on any atom is -0.382 e. The molecule has 1 unspecified atom stereocenters. The van der Waals surface area contributed by atoms with Gasteiger partial charge < -0.3 is 5.32 Å². The molecule has 0 amide bonds. The van der Waals surface area contributed by atoms with E-state index in [9.17, 15) is 4.39 Å². The first-order chi connectivity index (χ1) is 6.08. The Balaban J connectivity index is 2.44. The van der Waals surface area contributed by atoms with Crippen molar-refractivity contribution in [1.82, 2.24) is 0 Å². The highest BCUT2D eigenvalue weighted by Gasteiger charge is 2.30. The van der Waals surface area contributed by atoms with E-state index in [2.05, 4.69) is 21.2 Å². The molecule has 0 radical (unpaired) electrons. The standard InChI is InChI=1S/C10H11BrFN/c1-10(12)5-7-8(11)3-2-4-9(7)13-6-10/h2-4,13H,5-6H2,1H3. The molecule has 0 aliphatic carbocycles. The van der Waals surface area contributed by atoms with Crippen LogP contribution in [0.15, 0.2) is 22.7 Å². The number of hydrogen-bond donors (Lipinski definition) is 1. The molecule has 0 bridgehead atoms. The molecule has 1 aliphatic rings. The average Bonchev–Trinajstić information content (AvgIpc) is 2.06. The monoisotopic (exact) mass is 243 g/mol. The molecule has 1 heterocycles. The predicted octanol–water partition coefficient (Wildman–Crippen LogP) is 3.15.